The average Bonchev–Trinajstić information content (AvgIpc) is 2.48. The largest absolute Gasteiger partial charge is 0.457 e. The number of nitro benzene ring substituents is 1. The lowest BCUT2D eigenvalue weighted by Crippen LogP contribution is -2.12. The maximum Gasteiger partial charge on any atom is 0.269 e. The molecule has 0 fully saturated rings. The van der Waals surface area contributed by atoms with Gasteiger partial charge >= 0.3 is 0 Å². The lowest BCUT2D eigenvalue weighted by atomic mass is 10.2. The smallest absolute Gasteiger partial charge is 0.269 e. The van der Waals surface area contributed by atoms with E-state index >= 15 is 0 Å². The van der Waals surface area contributed by atoms with Crippen LogP contribution in [0.5, 0.6) is 11.5 Å². The minimum Gasteiger partial charge on any atom is -0.457 e. The third-order valence-electron chi connectivity index (χ3n) is 2.86. The zero-order chi connectivity index (χ0) is 15.2. The predicted octanol–water partition coefficient (Wildman–Crippen LogP) is 4.15. The van der Waals surface area contributed by atoms with Crippen LogP contribution < -0.4 is 10.1 Å². The molecule has 6 heteroatoms. The van der Waals surface area contributed by atoms with Crippen LogP contribution in [0.1, 0.15) is 12.5 Å². The SMILES string of the molecule is CCNCc1cc(Cl)ccc1Oc1ccc([N+](=O)[O-])cc1. The molecule has 0 heterocycles. The first-order valence-corrected chi connectivity index (χ1v) is 6.89. The van der Waals surface area contributed by atoms with Crippen LogP contribution in [0, 0.1) is 10.1 Å². The molecule has 0 bridgehead atoms. The standard InChI is InChI=1S/C15H15ClN2O3/c1-2-17-10-11-9-12(16)3-8-15(11)21-14-6-4-13(5-7-14)18(19)20/h3-9,17H,2,10H2,1H3. The molecule has 0 unspecified atom stereocenters. The Bertz CT molecular complexity index is 629. The van der Waals surface area contributed by atoms with Gasteiger partial charge in [-0.25, -0.2) is 0 Å². The maximum atomic E-state index is 10.6. The molecule has 0 spiro atoms. The molecule has 0 aliphatic carbocycles. The number of hydrogen-bond acceptors (Lipinski definition) is 4. The second-order valence-corrected chi connectivity index (χ2v) is 4.82. The molecule has 1 N–H and O–H groups in total. The van der Waals surface area contributed by atoms with Gasteiger partial charge in [-0.3, -0.25) is 10.1 Å². The Labute approximate surface area is 127 Å². The Morgan fingerprint density at radius 3 is 2.57 bits per heavy atom. The van der Waals surface area contributed by atoms with Gasteiger partial charge in [0.2, 0.25) is 0 Å². The normalized spacial score (nSPS) is 10.4. The van der Waals surface area contributed by atoms with E-state index in [1.165, 1.54) is 12.1 Å². The fourth-order valence-corrected chi connectivity index (χ4v) is 2.00. The molecule has 2 aromatic carbocycles. The number of non-ortho nitro benzene ring substituents is 1. The summed E-state index contributed by atoms with van der Waals surface area (Å²) in [6.07, 6.45) is 0. The highest BCUT2D eigenvalue weighted by atomic mass is 35.5. The highest BCUT2D eigenvalue weighted by Gasteiger charge is 2.08. The summed E-state index contributed by atoms with van der Waals surface area (Å²) >= 11 is 6.00. The third-order valence-corrected chi connectivity index (χ3v) is 3.10. The number of hydrogen-bond donors (Lipinski definition) is 1. The second kappa shape index (κ2) is 7.06. The highest BCUT2D eigenvalue weighted by Crippen LogP contribution is 2.29. The van der Waals surface area contributed by atoms with Crippen molar-refractivity contribution < 1.29 is 9.66 Å². The summed E-state index contributed by atoms with van der Waals surface area (Å²) in [4.78, 5) is 10.2. The third kappa shape index (κ3) is 4.18. The van der Waals surface area contributed by atoms with Crippen molar-refractivity contribution in [3.63, 3.8) is 0 Å². The molecule has 0 saturated carbocycles. The first kappa shape index (κ1) is 15.3. The molecule has 0 aliphatic heterocycles. The van der Waals surface area contributed by atoms with Crippen LogP contribution in [-0.4, -0.2) is 11.5 Å². The fraction of sp³-hybridized carbons (Fsp3) is 0.200. The molecular weight excluding hydrogens is 292 g/mol. The lowest BCUT2D eigenvalue weighted by molar-refractivity contribution is -0.384. The summed E-state index contributed by atoms with van der Waals surface area (Å²) in [5, 5.41) is 14.5. The number of halogens is 1. The van der Waals surface area contributed by atoms with Gasteiger partial charge in [-0.1, -0.05) is 18.5 Å². The van der Waals surface area contributed by atoms with Crippen molar-refractivity contribution in [2.24, 2.45) is 0 Å². The van der Waals surface area contributed by atoms with E-state index in [1.54, 1.807) is 24.3 Å². The van der Waals surface area contributed by atoms with Gasteiger partial charge in [0.25, 0.3) is 5.69 Å². The number of ether oxygens (including phenoxy) is 1. The number of nitrogens with one attached hydrogen (secondary N) is 1. The van der Waals surface area contributed by atoms with Crippen molar-refractivity contribution in [2.45, 2.75) is 13.5 Å². The first-order chi connectivity index (χ1) is 10.1. The van der Waals surface area contributed by atoms with Gasteiger partial charge < -0.3 is 10.1 Å². The van der Waals surface area contributed by atoms with Gasteiger partial charge in [-0.05, 0) is 36.9 Å². The Morgan fingerprint density at radius 1 is 1.24 bits per heavy atom. The minimum atomic E-state index is -0.442. The van der Waals surface area contributed by atoms with E-state index in [4.69, 9.17) is 16.3 Å². The van der Waals surface area contributed by atoms with Crippen molar-refractivity contribution in [1.82, 2.24) is 5.32 Å². The number of rotatable bonds is 6. The first-order valence-electron chi connectivity index (χ1n) is 6.51. The summed E-state index contributed by atoms with van der Waals surface area (Å²) in [5.41, 5.74) is 0.967. The quantitative estimate of drug-likeness (QED) is 0.643. The predicted molar refractivity (Wildman–Crippen MR) is 82.0 cm³/mol. The van der Waals surface area contributed by atoms with E-state index in [0.29, 0.717) is 23.1 Å². The lowest BCUT2D eigenvalue weighted by Gasteiger charge is -2.12. The van der Waals surface area contributed by atoms with Crippen LogP contribution in [0.15, 0.2) is 42.5 Å². The zero-order valence-electron chi connectivity index (χ0n) is 11.5. The van der Waals surface area contributed by atoms with Crippen molar-refractivity contribution in [1.29, 1.82) is 0 Å². The highest BCUT2D eigenvalue weighted by molar-refractivity contribution is 6.30. The molecule has 0 radical (unpaired) electrons. The van der Waals surface area contributed by atoms with Crippen molar-refractivity contribution in [3.05, 3.63) is 63.2 Å². The summed E-state index contributed by atoms with van der Waals surface area (Å²) in [7, 11) is 0. The minimum absolute atomic E-state index is 0.0336. The molecule has 2 aromatic rings. The number of nitro groups is 1. The van der Waals surface area contributed by atoms with Gasteiger partial charge in [0.05, 0.1) is 4.92 Å². The fourth-order valence-electron chi connectivity index (χ4n) is 1.81. The molecule has 0 aromatic heterocycles. The zero-order valence-corrected chi connectivity index (χ0v) is 12.3. The van der Waals surface area contributed by atoms with Gasteiger partial charge in [-0.15, -0.1) is 0 Å². The van der Waals surface area contributed by atoms with E-state index < -0.39 is 4.92 Å². The summed E-state index contributed by atoms with van der Waals surface area (Å²) in [6, 6.07) is 11.3. The van der Waals surface area contributed by atoms with Crippen LogP contribution in [0.25, 0.3) is 0 Å². The molecular formula is C15H15ClN2O3. The van der Waals surface area contributed by atoms with Crippen molar-refractivity contribution >= 4 is 17.3 Å². The summed E-state index contributed by atoms with van der Waals surface area (Å²) in [5.74, 6) is 1.22. The molecule has 0 aliphatic rings. The molecule has 110 valence electrons. The van der Waals surface area contributed by atoms with E-state index in [0.717, 1.165) is 12.1 Å². The molecule has 0 saturated heterocycles. The van der Waals surface area contributed by atoms with Crippen molar-refractivity contribution in [3.8, 4) is 11.5 Å². The number of benzene rings is 2. The summed E-state index contributed by atoms with van der Waals surface area (Å²) < 4.78 is 5.78. The van der Waals surface area contributed by atoms with Crippen LogP contribution in [-0.2, 0) is 6.54 Å². The average molecular weight is 307 g/mol. The van der Waals surface area contributed by atoms with Crippen LogP contribution in [0.4, 0.5) is 5.69 Å². The summed E-state index contributed by atoms with van der Waals surface area (Å²) in [6.45, 7) is 3.49. The van der Waals surface area contributed by atoms with Gasteiger partial charge in [0, 0.05) is 29.3 Å². The second-order valence-electron chi connectivity index (χ2n) is 4.39. The molecule has 2 rings (SSSR count). The van der Waals surface area contributed by atoms with Gasteiger partial charge in [0.1, 0.15) is 11.5 Å². The Hall–Kier alpha value is -2.11. The Balaban J connectivity index is 2.19. The monoisotopic (exact) mass is 306 g/mol. The Morgan fingerprint density at radius 2 is 1.95 bits per heavy atom. The topological polar surface area (TPSA) is 64.4 Å². The molecule has 21 heavy (non-hydrogen) atoms. The van der Waals surface area contributed by atoms with Crippen molar-refractivity contribution in [2.75, 3.05) is 6.54 Å². The van der Waals surface area contributed by atoms with E-state index in [1.807, 2.05) is 13.0 Å². The van der Waals surface area contributed by atoms with E-state index in [-0.39, 0.29) is 5.69 Å². The van der Waals surface area contributed by atoms with Crippen LogP contribution in [0.2, 0.25) is 5.02 Å². The van der Waals surface area contributed by atoms with E-state index in [9.17, 15) is 10.1 Å². The molecule has 0 amide bonds. The number of nitrogens with zero attached hydrogens (tertiary/aromatic N) is 1. The molecule has 5 nitrogen and oxygen atoms in total. The van der Waals surface area contributed by atoms with Gasteiger partial charge in [-0.2, -0.15) is 0 Å². The molecule has 0 atom stereocenters. The van der Waals surface area contributed by atoms with E-state index in [2.05, 4.69) is 5.32 Å². The van der Waals surface area contributed by atoms with Gasteiger partial charge in [0.15, 0.2) is 0 Å². The van der Waals surface area contributed by atoms with Crippen LogP contribution >= 0.6 is 11.6 Å². The van der Waals surface area contributed by atoms with Crippen LogP contribution in [0.3, 0.4) is 0 Å². The Kier molecular flexibility index (Phi) is 5.14. The maximum absolute atomic E-state index is 10.6.